The maximum atomic E-state index is 10.9. The van der Waals surface area contributed by atoms with Gasteiger partial charge in [-0.05, 0) is 25.5 Å². The summed E-state index contributed by atoms with van der Waals surface area (Å²) in [6.45, 7) is 1.86. The predicted molar refractivity (Wildman–Crippen MR) is 59.3 cm³/mol. The van der Waals surface area contributed by atoms with Gasteiger partial charge in [-0.1, -0.05) is 6.07 Å². The number of piperidine rings is 1. The molecule has 5 heteroatoms. The highest BCUT2D eigenvalue weighted by atomic mass is 16.5. The van der Waals surface area contributed by atoms with Gasteiger partial charge in [0, 0.05) is 12.6 Å². The van der Waals surface area contributed by atoms with Crippen LogP contribution in [-0.2, 0) is 0 Å². The molecule has 1 aromatic rings. The second-order valence-corrected chi connectivity index (χ2v) is 3.81. The van der Waals surface area contributed by atoms with Crippen LogP contribution < -0.4 is 15.8 Å². The number of carbonyl (C=O) groups excluding carboxylic acids is 1. The average molecular weight is 221 g/mol. The molecule has 1 aliphatic heterocycles. The molecule has 0 saturated carbocycles. The molecule has 0 spiro atoms. The minimum atomic E-state index is -0.535. The highest BCUT2D eigenvalue weighted by Gasteiger charge is 2.15. The first-order chi connectivity index (χ1) is 7.75. The summed E-state index contributed by atoms with van der Waals surface area (Å²) in [6.07, 6.45) is 2.24. The summed E-state index contributed by atoms with van der Waals surface area (Å²) in [5.41, 5.74) is 5.38. The van der Waals surface area contributed by atoms with E-state index in [1.165, 1.54) is 0 Å². The number of pyridine rings is 1. The fraction of sp³-hybridized carbons (Fsp3) is 0.455. The second kappa shape index (κ2) is 4.94. The number of nitrogens with two attached hydrogens (primary N) is 1. The lowest BCUT2D eigenvalue weighted by Crippen LogP contribution is -2.37. The van der Waals surface area contributed by atoms with Crippen molar-refractivity contribution in [2.75, 3.05) is 13.1 Å². The fourth-order valence-electron chi connectivity index (χ4n) is 1.71. The Morgan fingerprint density at radius 1 is 1.56 bits per heavy atom. The summed E-state index contributed by atoms with van der Waals surface area (Å²) in [5, 5.41) is 3.25. The molecule has 0 bridgehead atoms. The maximum absolute atomic E-state index is 10.9. The van der Waals surface area contributed by atoms with E-state index in [2.05, 4.69) is 10.3 Å². The first-order valence-corrected chi connectivity index (χ1v) is 5.40. The molecule has 16 heavy (non-hydrogen) atoms. The molecule has 3 N–H and O–H groups in total. The van der Waals surface area contributed by atoms with Crippen LogP contribution in [0.15, 0.2) is 18.2 Å². The standard InChI is InChI=1S/C11H15N3O2/c12-11(15)9-4-1-5-10(14-9)16-8-3-2-6-13-7-8/h1,4-5,8,13H,2-3,6-7H2,(H2,12,15). The van der Waals surface area contributed by atoms with Crippen LogP contribution in [0.3, 0.4) is 0 Å². The first-order valence-electron chi connectivity index (χ1n) is 5.40. The number of nitrogens with one attached hydrogen (secondary N) is 1. The van der Waals surface area contributed by atoms with Gasteiger partial charge < -0.3 is 15.8 Å². The van der Waals surface area contributed by atoms with Crippen molar-refractivity contribution in [3.8, 4) is 5.88 Å². The molecule has 5 nitrogen and oxygen atoms in total. The molecule has 1 saturated heterocycles. The van der Waals surface area contributed by atoms with E-state index in [9.17, 15) is 4.79 Å². The summed E-state index contributed by atoms with van der Waals surface area (Å²) in [7, 11) is 0. The molecule has 1 aromatic heterocycles. The average Bonchev–Trinajstić information content (AvgIpc) is 2.30. The van der Waals surface area contributed by atoms with Crippen molar-refractivity contribution in [1.29, 1.82) is 0 Å². The van der Waals surface area contributed by atoms with Crippen molar-refractivity contribution in [3.63, 3.8) is 0 Å². The number of ether oxygens (including phenoxy) is 1. The van der Waals surface area contributed by atoms with Gasteiger partial charge in [0.1, 0.15) is 11.8 Å². The number of hydrogen-bond donors (Lipinski definition) is 2. The van der Waals surface area contributed by atoms with Crippen LogP contribution in [0.2, 0.25) is 0 Å². The molecule has 1 aliphatic rings. The molecular formula is C11H15N3O2. The van der Waals surface area contributed by atoms with Crippen molar-refractivity contribution in [3.05, 3.63) is 23.9 Å². The van der Waals surface area contributed by atoms with Crippen LogP contribution in [0.25, 0.3) is 0 Å². The molecule has 1 atom stereocenters. The highest BCUT2D eigenvalue weighted by molar-refractivity contribution is 5.90. The largest absolute Gasteiger partial charge is 0.473 e. The van der Waals surface area contributed by atoms with E-state index in [-0.39, 0.29) is 11.8 Å². The molecular weight excluding hydrogens is 206 g/mol. The molecule has 1 fully saturated rings. The summed E-state index contributed by atoms with van der Waals surface area (Å²) >= 11 is 0. The van der Waals surface area contributed by atoms with E-state index in [4.69, 9.17) is 10.5 Å². The summed E-state index contributed by atoms with van der Waals surface area (Å²) in [4.78, 5) is 15.0. The van der Waals surface area contributed by atoms with Gasteiger partial charge >= 0.3 is 0 Å². The number of amides is 1. The number of carbonyl (C=O) groups is 1. The maximum Gasteiger partial charge on any atom is 0.267 e. The lowest BCUT2D eigenvalue weighted by atomic mass is 10.1. The van der Waals surface area contributed by atoms with E-state index >= 15 is 0 Å². The Morgan fingerprint density at radius 3 is 3.12 bits per heavy atom. The van der Waals surface area contributed by atoms with Crippen LogP contribution >= 0.6 is 0 Å². The number of hydrogen-bond acceptors (Lipinski definition) is 4. The number of nitrogens with zero attached hydrogens (tertiary/aromatic N) is 1. The lowest BCUT2D eigenvalue weighted by Gasteiger charge is -2.23. The molecule has 2 heterocycles. The van der Waals surface area contributed by atoms with E-state index in [1.807, 2.05) is 0 Å². The molecule has 2 rings (SSSR count). The predicted octanol–water partition coefficient (Wildman–Crippen LogP) is 0.311. The van der Waals surface area contributed by atoms with Gasteiger partial charge in [-0.15, -0.1) is 0 Å². The SMILES string of the molecule is NC(=O)c1cccc(OC2CCCNC2)n1. The van der Waals surface area contributed by atoms with Crippen LogP contribution in [0, 0.1) is 0 Å². The van der Waals surface area contributed by atoms with Gasteiger partial charge in [-0.25, -0.2) is 4.98 Å². The Morgan fingerprint density at radius 2 is 2.44 bits per heavy atom. The molecule has 0 radical (unpaired) electrons. The van der Waals surface area contributed by atoms with E-state index in [0.29, 0.717) is 5.88 Å². The second-order valence-electron chi connectivity index (χ2n) is 3.81. The third-order valence-electron chi connectivity index (χ3n) is 2.52. The Kier molecular flexibility index (Phi) is 3.36. The van der Waals surface area contributed by atoms with Crippen molar-refractivity contribution >= 4 is 5.91 Å². The lowest BCUT2D eigenvalue weighted by molar-refractivity contribution is 0.0992. The number of rotatable bonds is 3. The Labute approximate surface area is 94.0 Å². The fourth-order valence-corrected chi connectivity index (χ4v) is 1.71. The normalized spacial score (nSPS) is 20.4. The molecule has 1 amide bonds. The molecule has 0 aliphatic carbocycles. The van der Waals surface area contributed by atoms with Crippen molar-refractivity contribution < 1.29 is 9.53 Å². The van der Waals surface area contributed by atoms with Gasteiger partial charge in [-0.3, -0.25) is 4.79 Å². The zero-order valence-electron chi connectivity index (χ0n) is 8.98. The van der Waals surface area contributed by atoms with Crippen LogP contribution in [0.4, 0.5) is 0 Å². The van der Waals surface area contributed by atoms with E-state index < -0.39 is 5.91 Å². The van der Waals surface area contributed by atoms with E-state index in [1.54, 1.807) is 18.2 Å². The third kappa shape index (κ3) is 2.70. The smallest absolute Gasteiger partial charge is 0.267 e. The van der Waals surface area contributed by atoms with Crippen LogP contribution in [0.5, 0.6) is 5.88 Å². The Balaban J connectivity index is 2.02. The van der Waals surface area contributed by atoms with Crippen LogP contribution in [0.1, 0.15) is 23.3 Å². The minimum absolute atomic E-state index is 0.129. The highest BCUT2D eigenvalue weighted by Crippen LogP contribution is 2.13. The third-order valence-corrected chi connectivity index (χ3v) is 2.52. The number of aromatic nitrogens is 1. The van der Waals surface area contributed by atoms with Crippen LogP contribution in [-0.4, -0.2) is 30.1 Å². The van der Waals surface area contributed by atoms with Gasteiger partial charge in [0.2, 0.25) is 5.88 Å². The topological polar surface area (TPSA) is 77.2 Å². The van der Waals surface area contributed by atoms with Crippen molar-refractivity contribution in [1.82, 2.24) is 10.3 Å². The van der Waals surface area contributed by atoms with Crippen molar-refractivity contribution in [2.24, 2.45) is 5.73 Å². The van der Waals surface area contributed by atoms with Gasteiger partial charge in [0.25, 0.3) is 5.91 Å². The summed E-state index contributed by atoms with van der Waals surface area (Å²) < 4.78 is 5.66. The Hall–Kier alpha value is -1.62. The molecule has 0 aromatic carbocycles. The minimum Gasteiger partial charge on any atom is -0.473 e. The van der Waals surface area contributed by atoms with Crippen molar-refractivity contribution in [2.45, 2.75) is 18.9 Å². The number of primary amides is 1. The zero-order valence-corrected chi connectivity index (χ0v) is 8.98. The van der Waals surface area contributed by atoms with E-state index in [0.717, 1.165) is 25.9 Å². The monoisotopic (exact) mass is 221 g/mol. The summed E-state index contributed by atoms with van der Waals surface area (Å²) in [5.74, 6) is -0.0720. The Bertz CT molecular complexity index is 375. The zero-order chi connectivity index (χ0) is 11.4. The van der Waals surface area contributed by atoms with Gasteiger partial charge in [0.05, 0.1) is 0 Å². The molecule has 86 valence electrons. The van der Waals surface area contributed by atoms with Gasteiger partial charge in [-0.2, -0.15) is 0 Å². The quantitative estimate of drug-likeness (QED) is 0.770. The van der Waals surface area contributed by atoms with Gasteiger partial charge in [0.15, 0.2) is 0 Å². The first kappa shape index (κ1) is 10.9. The summed E-state index contributed by atoms with van der Waals surface area (Å²) in [6, 6.07) is 5.04. The molecule has 1 unspecified atom stereocenters.